The van der Waals surface area contributed by atoms with Gasteiger partial charge in [-0.1, -0.05) is 92.7 Å². The van der Waals surface area contributed by atoms with E-state index in [1.807, 2.05) is 0 Å². The number of fused-ring (bicyclic) bond motifs is 5. The number of rotatable bonds is 11. The van der Waals surface area contributed by atoms with Crippen LogP contribution in [0.15, 0.2) is 102 Å². The third-order valence-corrected chi connectivity index (χ3v) is 13.6. The lowest BCUT2D eigenvalue weighted by Crippen LogP contribution is -2.82. The molecule has 1 saturated heterocycles. The lowest BCUT2D eigenvalue weighted by atomic mass is 9.44. The molecule has 3 aliphatic carbocycles. The number of hydrogen-bond donors (Lipinski definition) is 3. The monoisotopic (exact) mass is 883 g/mol. The van der Waals surface area contributed by atoms with Crippen LogP contribution in [0.2, 0.25) is 0 Å². The summed E-state index contributed by atoms with van der Waals surface area (Å²) in [5.41, 5.74) is -0.0343. The lowest BCUT2D eigenvalue weighted by Gasteiger charge is -2.67. The highest BCUT2D eigenvalue weighted by Crippen LogP contribution is 2.64. The number of aliphatic hydroxyl groups is 2. The van der Waals surface area contributed by atoms with E-state index in [2.05, 4.69) is 0 Å². The standard InChI is InChI=1S/C48H53NO15/c1-26-32(61-43(55)38(36(49)30-18-12-8-13-19-30)62-44(56)58-24-29-16-10-7-11-17-29)23-48(57)41(63-42(54)31-20-14-9-15-21-31)39-46(6,33(52)22-34-47(39,25-59-34)64-28(3)51)40(53)37(60-27(2)50)35(26)45(48,4)5/h7-21,32-34,36-39,41,52,57H,22-25,49H2,1-6H3/t32-,33-,34+,36-,37+,38+,39-,41-,46+,47-,48+/m0/s1. The zero-order valence-electron chi connectivity index (χ0n) is 36.4. The van der Waals surface area contributed by atoms with E-state index in [1.54, 1.807) is 92.7 Å². The highest BCUT2D eigenvalue weighted by molar-refractivity contribution is 5.95. The Morgan fingerprint density at radius 1 is 0.859 bits per heavy atom. The van der Waals surface area contributed by atoms with Gasteiger partial charge in [0.1, 0.15) is 30.5 Å². The molecule has 2 bridgehead atoms. The highest BCUT2D eigenvalue weighted by Gasteiger charge is 2.78. The van der Waals surface area contributed by atoms with Gasteiger partial charge in [0, 0.05) is 32.1 Å². The third kappa shape index (κ3) is 7.97. The minimum absolute atomic E-state index is 0.00694. The molecule has 16 nitrogen and oxygen atoms in total. The fourth-order valence-corrected chi connectivity index (χ4v) is 10.2. The van der Waals surface area contributed by atoms with Crippen molar-refractivity contribution in [2.24, 2.45) is 22.5 Å². The number of Topliss-reactive ketones (excluding diaryl/α,β-unsaturated/α-hetero) is 1. The molecule has 2 saturated carbocycles. The van der Waals surface area contributed by atoms with E-state index >= 15 is 4.79 Å². The van der Waals surface area contributed by atoms with Gasteiger partial charge in [0.15, 0.2) is 17.5 Å². The Hall–Kier alpha value is -5.94. The van der Waals surface area contributed by atoms with Gasteiger partial charge in [-0.15, -0.1) is 0 Å². The molecule has 340 valence electrons. The average Bonchev–Trinajstić information content (AvgIpc) is 3.26. The molecule has 16 heteroatoms. The van der Waals surface area contributed by atoms with Crippen LogP contribution >= 0.6 is 0 Å². The predicted molar refractivity (Wildman–Crippen MR) is 223 cm³/mol. The van der Waals surface area contributed by atoms with Crippen molar-refractivity contribution in [3.05, 3.63) is 119 Å². The topological polar surface area (TPSA) is 234 Å². The summed E-state index contributed by atoms with van der Waals surface area (Å²) in [6, 6.07) is 23.6. The maximum absolute atomic E-state index is 15.5. The van der Waals surface area contributed by atoms with Crippen molar-refractivity contribution in [2.45, 2.75) is 115 Å². The van der Waals surface area contributed by atoms with E-state index < -0.39 is 113 Å². The molecule has 7 rings (SSSR count). The Morgan fingerprint density at radius 3 is 2.05 bits per heavy atom. The minimum Gasteiger partial charge on any atom is -0.455 e. The zero-order chi connectivity index (χ0) is 46.4. The number of hydrogen-bond acceptors (Lipinski definition) is 16. The van der Waals surface area contributed by atoms with Crippen LogP contribution in [-0.2, 0) is 58.9 Å². The first kappa shape index (κ1) is 46.1. The summed E-state index contributed by atoms with van der Waals surface area (Å²) in [5.74, 6) is -6.21. The Morgan fingerprint density at radius 2 is 1.47 bits per heavy atom. The Kier molecular flexibility index (Phi) is 12.6. The van der Waals surface area contributed by atoms with Gasteiger partial charge in [-0.3, -0.25) is 14.4 Å². The zero-order valence-corrected chi connectivity index (χ0v) is 36.4. The number of ether oxygens (including phenoxy) is 7. The van der Waals surface area contributed by atoms with Gasteiger partial charge in [0.2, 0.25) is 6.10 Å². The van der Waals surface area contributed by atoms with Crippen molar-refractivity contribution in [2.75, 3.05) is 6.61 Å². The molecule has 1 heterocycles. The Balaban J connectivity index is 1.38. The number of carbonyl (C=O) groups excluding carboxylic acids is 6. The molecular weight excluding hydrogens is 831 g/mol. The molecule has 11 atom stereocenters. The quantitative estimate of drug-likeness (QED) is 0.135. The molecule has 3 aromatic carbocycles. The van der Waals surface area contributed by atoms with E-state index in [0.717, 1.165) is 13.8 Å². The molecule has 1 aliphatic heterocycles. The van der Waals surface area contributed by atoms with E-state index in [9.17, 15) is 34.2 Å². The highest BCUT2D eigenvalue weighted by atomic mass is 16.7. The van der Waals surface area contributed by atoms with E-state index in [4.69, 9.17) is 38.9 Å². The van der Waals surface area contributed by atoms with Gasteiger partial charge in [-0.05, 0) is 48.3 Å². The first-order valence-electron chi connectivity index (χ1n) is 21.0. The summed E-state index contributed by atoms with van der Waals surface area (Å²) in [4.78, 5) is 83.8. The van der Waals surface area contributed by atoms with Crippen molar-refractivity contribution in [3.8, 4) is 0 Å². The average molecular weight is 884 g/mol. The van der Waals surface area contributed by atoms with Gasteiger partial charge in [-0.2, -0.15) is 0 Å². The molecule has 3 aromatic rings. The second-order valence-corrected chi connectivity index (χ2v) is 17.7. The first-order valence-corrected chi connectivity index (χ1v) is 21.0. The second kappa shape index (κ2) is 17.6. The normalized spacial score (nSPS) is 31.2. The molecule has 0 aromatic heterocycles. The van der Waals surface area contributed by atoms with Gasteiger partial charge in [-0.25, -0.2) is 14.4 Å². The number of benzene rings is 3. The third-order valence-electron chi connectivity index (χ3n) is 13.6. The molecule has 0 spiro atoms. The number of carbonyl (C=O) groups is 6. The molecule has 4 N–H and O–H groups in total. The van der Waals surface area contributed by atoms with Crippen LogP contribution in [0.3, 0.4) is 0 Å². The molecule has 64 heavy (non-hydrogen) atoms. The fraction of sp³-hybridized carbons (Fsp3) is 0.458. The molecule has 4 aliphatic rings. The first-order chi connectivity index (χ1) is 30.3. The number of aliphatic hydroxyl groups excluding tert-OH is 1. The van der Waals surface area contributed by atoms with Crippen molar-refractivity contribution in [1.29, 1.82) is 0 Å². The van der Waals surface area contributed by atoms with Gasteiger partial charge in [0.25, 0.3) is 0 Å². The molecule has 0 radical (unpaired) electrons. The fourth-order valence-electron chi connectivity index (χ4n) is 10.2. The van der Waals surface area contributed by atoms with Crippen LogP contribution in [0.1, 0.15) is 81.9 Å². The summed E-state index contributed by atoms with van der Waals surface area (Å²) < 4.78 is 41.4. The van der Waals surface area contributed by atoms with Crippen molar-refractivity contribution >= 4 is 35.8 Å². The summed E-state index contributed by atoms with van der Waals surface area (Å²) in [6.45, 7) is 7.78. The number of nitrogens with two attached hydrogens (primary N) is 1. The molecule has 0 amide bonds. The summed E-state index contributed by atoms with van der Waals surface area (Å²) in [5, 5.41) is 25.8. The Labute approximate surface area is 369 Å². The smallest absolute Gasteiger partial charge is 0.455 e. The largest absolute Gasteiger partial charge is 0.509 e. The van der Waals surface area contributed by atoms with Crippen LogP contribution in [-0.4, -0.2) is 100 Å². The Bertz CT molecular complexity index is 2320. The minimum atomic E-state index is -2.40. The van der Waals surface area contributed by atoms with E-state index in [-0.39, 0.29) is 36.3 Å². The van der Waals surface area contributed by atoms with Crippen molar-refractivity contribution in [1.82, 2.24) is 0 Å². The van der Waals surface area contributed by atoms with Crippen LogP contribution in [0.25, 0.3) is 0 Å². The molecular formula is C48H53NO15. The van der Waals surface area contributed by atoms with Gasteiger partial charge < -0.3 is 49.1 Å². The maximum atomic E-state index is 15.5. The van der Waals surface area contributed by atoms with Crippen LogP contribution in [0, 0.1) is 16.7 Å². The number of ketones is 1. The number of esters is 4. The van der Waals surface area contributed by atoms with Gasteiger partial charge >= 0.3 is 30.0 Å². The SMILES string of the molecule is CC(=O)O[C@H]1C(=O)[C@@]2(C)[C@H]([C@H](OC(=O)c3ccccc3)[C@]3(O)C[C@H](OC(=O)[C@H](OC(=O)OCc4ccccc4)[C@@H](N)c4ccccc4)C(C)=C1C3(C)C)[C@]1(OC(C)=O)CO[C@@H]1C[C@@H]2O. The molecule has 3 fully saturated rings. The van der Waals surface area contributed by atoms with Crippen LogP contribution in [0.4, 0.5) is 4.79 Å². The van der Waals surface area contributed by atoms with Crippen LogP contribution in [0.5, 0.6) is 0 Å². The van der Waals surface area contributed by atoms with Crippen molar-refractivity contribution < 1.29 is 72.1 Å². The van der Waals surface area contributed by atoms with E-state index in [1.165, 1.54) is 26.0 Å². The summed E-state index contributed by atoms with van der Waals surface area (Å²) >= 11 is 0. The maximum Gasteiger partial charge on any atom is 0.509 e. The second-order valence-electron chi connectivity index (χ2n) is 17.7. The summed E-state index contributed by atoms with van der Waals surface area (Å²) in [7, 11) is 0. The lowest BCUT2D eigenvalue weighted by molar-refractivity contribution is -0.346. The van der Waals surface area contributed by atoms with Gasteiger partial charge in [0.05, 0.1) is 35.6 Å². The van der Waals surface area contributed by atoms with Crippen LogP contribution < -0.4 is 5.73 Å². The van der Waals surface area contributed by atoms with Crippen molar-refractivity contribution in [3.63, 3.8) is 0 Å². The van der Waals surface area contributed by atoms with E-state index in [0.29, 0.717) is 11.1 Å². The summed E-state index contributed by atoms with van der Waals surface area (Å²) in [6.07, 6.45) is -11.6. The molecule has 0 unspecified atom stereocenters. The predicted octanol–water partition coefficient (Wildman–Crippen LogP) is 4.63.